The molecular formula is C21H25NO3. The van der Waals surface area contributed by atoms with Gasteiger partial charge in [-0.05, 0) is 36.6 Å². The lowest BCUT2D eigenvalue weighted by Crippen LogP contribution is -2.30. The Morgan fingerprint density at radius 1 is 1.00 bits per heavy atom. The van der Waals surface area contributed by atoms with Gasteiger partial charge in [0.15, 0.2) is 11.5 Å². The van der Waals surface area contributed by atoms with E-state index in [1.807, 2.05) is 42.5 Å². The zero-order valence-electron chi connectivity index (χ0n) is 14.4. The highest BCUT2D eigenvalue weighted by Gasteiger charge is 2.13. The summed E-state index contributed by atoms with van der Waals surface area (Å²) in [5, 5.41) is 3.54. The van der Waals surface area contributed by atoms with E-state index in [2.05, 4.69) is 5.32 Å². The maximum Gasteiger partial charge on any atom is 0.161 e. The Morgan fingerprint density at radius 2 is 1.76 bits per heavy atom. The average molecular weight is 339 g/mol. The van der Waals surface area contributed by atoms with Crippen LogP contribution in [0.25, 0.3) is 0 Å². The number of hydrogen-bond donors (Lipinski definition) is 1. The van der Waals surface area contributed by atoms with Gasteiger partial charge in [0.2, 0.25) is 0 Å². The SMILES string of the molecule is O=Cc1cccc(COc2ccccc2OCCNC2CCCC2)c1. The van der Waals surface area contributed by atoms with E-state index in [4.69, 9.17) is 9.47 Å². The molecule has 0 saturated heterocycles. The zero-order valence-corrected chi connectivity index (χ0v) is 14.4. The van der Waals surface area contributed by atoms with Gasteiger partial charge in [0.1, 0.15) is 19.5 Å². The molecule has 0 heterocycles. The highest BCUT2D eigenvalue weighted by molar-refractivity contribution is 5.74. The highest BCUT2D eigenvalue weighted by atomic mass is 16.5. The van der Waals surface area contributed by atoms with Crippen LogP contribution in [0.3, 0.4) is 0 Å². The summed E-state index contributed by atoms with van der Waals surface area (Å²) in [5.74, 6) is 1.47. The van der Waals surface area contributed by atoms with Gasteiger partial charge in [-0.3, -0.25) is 4.79 Å². The van der Waals surface area contributed by atoms with E-state index < -0.39 is 0 Å². The summed E-state index contributed by atoms with van der Waals surface area (Å²) in [4.78, 5) is 10.9. The molecule has 0 radical (unpaired) electrons. The van der Waals surface area contributed by atoms with E-state index in [1.165, 1.54) is 25.7 Å². The predicted octanol–water partition coefficient (Wildman–Crippen LogP) is 3.99. The van der Waals surface area contributed by atoms with E-state index in [0.717, 1.165) is 29.9 Å². The number of para-hydroxylation sites is 2. The summed E-state index contributed by atoms with van der Waals surface area (Å²) in [6.45, 7) is 1.88. The highest BCUT2D eigenvalue weighted by Crippen LogP contribution is 2.27. The largest absolute Gasteiger partial charge is 0.488 e. The zero-order chi connectivity index (χ0) is 17.3. The first kappa shape index (κ1) is 17.5. The second-order valence-electron chi connectivity index (χ2n) is 6.38. The van der Waals surface area contributed by atoms with Gasteiger partial charge in [-0.2, -0.15) is 0 Å². The first-order valence-corrected chi connectivity index (χ1v) is 8.97. The smallest absolute Gasteiger partial charge is 0.161 e. The van der Waals surface area contributed by atoms with Crippen LogP contribution in [0.5, 0.6) is 11.5 Å². The van der Waals surface area contributed by atoms with E-state index in [1.54, 1.807) is 6.07 Å². The van der Waals surface area contributed by atoms with E-state index in [-0.39, 0.29) is 0 Å². The van der Waals surface area contributed by atoms with Gasteiger partial charge in [-0.1, -0.05) is 43.2 Å². The van der Waals surface area contributed by atoms with Crippen molar-refractivity contribution in [3.05, 3.63) is 59.7 Å². The van der Waals surface area contributed by atoms with Crippen molar-refractivity contribution in [3.63, 3.8) is 0 Å². The molecule has 132 valence electrons. The number of benzene rings is 2. The molecule has 25 heavy (non-hydrogen) atoms. The van der Waals surface area contributed by atoms with Crippen molar-refractivity contribution in [2.45, 2.75) is 38.3 Å². The quantitative estimate of drug-likeness (QED) is 0.554. The number of rotatable bonds is 9. The van der Waals surface area contributed by atoms with Gasteiger partial charge < -0.3 is 14.8 Å². The molecule has 1 aliphatic rings. The van der Waals surface area contributed by atoms with Gasteiger partial charge in [0, 0.05) is 18.2 Å². The molecule has 0 unspecified atom stereocenters. The van der Waals surface area contributed by atoms with Crippen molar-refractivity contribution in [1.82, 2.24) is 5.32 Å². The minimum Gasteiger partial charge on any atom is -0.488 e. The third kappa shape index (κ3) is 5.33. The lowest BCUT2D eigenvalue weighted by Gasteiger charge is -2.15. The van der Waals surface area contributed by atoms with Crippen LogP contribution in [0, 0.1) is 0 Å². The van der Waals surface area contributed by atoms with Crippen molar-refractivity contribution in [1.29, 1.82) is 0 Å². The van der Waals surface area contributed by atoms with Gasteiger partial charge in [-0.15, -0.1) is 0 Å². The van der Waals surface area contributed by atoms with Gasteiger partial charge in [0.25, 0.3) is 0 Å². The molecule has 0 spiro atoms. The summed E-state index contributed by atoms with van der Waals surface area (Å²) in [6, 6.07) is 15.8. The molecule has 4 heteroatoms. The molecule has 0 aliphatic heterocycles. The minimum absolute atomic E-state index is 0.405. The Hall–Kier alpha value is -2.33. The second kappa shape index (κ2) is 9.23. The molecule has 0 aromatic heterocycles. The van der Waals surface area contributed by atoms with Crippen LogP contribution >= 0.6 is 0 Å². The molecule has 3 rings (SSSR count). The summed E-state index contributed by atoms with van der Waals surface area (Å²) in [7, 11) is 0. The molecule has 2 aromatic rings. The normalized spacial score (nSPS) is 14.4. The molecule has 0 atom stereocenters. The summed E-state index contributed by atoms with van der Waals surface area (Å²) in [6.07, 6.45) is 6.07. The van der Waals surface area contributed by atoms with Gasteiger partial charge in [0.05, 0.1) is 0 Å². The van der Waals surface area contributed by atoms with E-state index in [9.17, 15) is 4.79 Å². The van der Waals surface area contributed by atoms with Crippen molar-refractivity contribution >= 4 is 6.29 Å². The topological polar surface area (TPSA) is 47.6 Å². The maximum absolute atomic E-state index is 10.9. The number of hydrogen-bond acceptors (Lipinski definition) is 4. The first-order valence-electron chi connectivity index (χ1n) is 8.97. The monoisotopic (exact) mass is 339 g/mol. The molecule has 0 amide bonds. The Labute approximate surface area is 149 Å². The van der Waals surface area contributed by atoms with Crippen molar-refractivity contribution in [3.8, 4) is 11.5 Å². The number of ether oxygens (including phenoxy) is 2. The van der Waals surface area contributed by atoms with Gasteiger partial charge in [-0.25, -0.2) is 0 Å². The van der Waals surface area contributed by atoms with Crippen LogP contribution in [0.1, 0.15) is 41.6 Å². The Morgan fingerprint density at radius 3 is 2.52 bits per heavy atom. The van der Waals surface area contributed by atoms with Crippen molar-refractivity contribution < 1.29 is 14.3 Å². The number of carbonyl (C=O) groups is 1. The predicted molar refractivity (Wildman–Crippen MR) is 98.4 cm³/mol. The fraction of sp³-hybridized carbons (Fsp3) is 0.381. The van der Waals surface area contributed by atoms with Gasteiger partial charge >= 0.3 is 0 Å². The van der Waals surface area contributed by atoms with Crippen LogP contribution in [-0.4, -0.2) is 25.5 Å². The van der Waals surface area contributed by atoms with Crippen LogP contribution in [0.4, 0.5) is 0 Å². The van der Waals surface area contributed by atoms with Crippen molar-refractivity contribution in [2.75, 3.05) is 13.2 Å². The van der Waals surface area contributed by atoms with Crippen molar-refractivity contribution in [2.24, 2.45) is 0 Å². The number of carbonyl (C=O) groups excluding carboxylic acids is 1. The Bertz CT molecular complexity index is 680. The Kier molecular flexibility index (Phi) is 6.46. The summed E-state index contributed by atoms with van der Waals surface area (Å²) in [5.41, 5.74) is 1.62. The minimum atomic E-state index is 0.405. The second-order valence-corrected chi connectivity index (χ2v) is 6.38. The van der Waals surface area contributed by atoms with Crippen LogP contribution < -0.4 is 14.8 Å². The first-order chi connectivity index (χ1) is 12.3. The fourth-order valence-electron chi connectivity index (χ4n) is 3.16. The third-order valence-corrected chi connectivity index (χ3v) is 4.48. The molecule has 4 nitrogen and oxygen atoms in total. The van der Waals surface area contributed by atoms with E-state index >= 15 is 0 Å². The molecule has 1 fully saturated rings. The number of nitrogens with one attached hydrogen (secondary N) is 1. The van der Waals surface area contributed by atoms with E-state index in [0.29, 0.717) is 24.8 Å². The lowest BCUT2D eigenvalue weighted by atomic mass is 10.1. The molecule has 1 aliphatic carbocycles. The maximum atomic E-state index is 10.9. The average Bonchev–Trinajstić information content (AvgIpc) is 3.18. The fourth-order valence-corrected chi connectivity index (χ4v) is 3.16. The Balaban J connectivity index is 1.50. The standard InChI is InChI=1S/C21H25NO3/c23-15-17-6-5-7-18(14-17)16-25-21-11-4-3-10-20(21)24-13-12-22-19-8-1-2-9-19/h3-7,10-11,14-15,19,22H,1-2,8-9,12-13,16H2. The lowest BCUT2D eigenvalue weighted by molar-refractivity contribution is 0.112. The molecule has 1 saturated carbocycles. The summed E-state index contributed by atoms with van der Waals surface area (Å²) >= 11 is 0. The van der Waals surface area contributed by atoms with Crippen LogP contribution in [-0.2, 0) is 6.61 Å². The number of aldehydes is 1. The van der Waals surface area contributed by atoms with Crippen LogP contribution in [0.15, 0.2) is 48.5 Å². The van der Waals surface area contributed by atoms with Crippen LogP contribution in [0.2, 0.25) is 0 Å². The molecule has 1 N–H and O–H groups in total. The molecule has 0 bridgehead atoms. The molecular weight excluding hydrogens is 314 g/mol. The third-order valence-electron chi connectivity index (χ3n) is 4.48. The molecule has 2 aromatic carbocycles. The summed E-state index contributed by atoms with van der Waals surface area (Å²) < 4.78 is 11.8.